The maximum atomic E-state index is 13.0. The summed E-state index contributed by atoms with van der Waals surface area (Å²) in [7, 11) is 0. The lowest BCUT2D eigenvalue weighted by molar-refractivity contribution is 0.606. The van der Waals surface area contributed by atoms with Gasteiger partial charge in [-0.05, 0) is 40.1 Å². The molecule has 0 amide bonds. The highest BCUT2D eigenvalue weighted by atomic mass is 32.1. The topological polar surface area (TPSA) is 38.0 Å². The molecule has 1 aromatic carbocycles. The van der Waals surface area contributed by atoms with E-state index in [4.69, 9.17) is 5.84 Å². The van der Waals surface area contributed by atoms with Crippen molar-refractivity contribution >= 4 is 11.3 Å². The van der Waals surface area contributed by atoms with Crippen molar-refractivity contribution in [1.82, 2.24) is 5.43 Å². The second kappa shape index (κ2) is 4.53. The van der Waals surface area contributed by atoms with Crippen LogP contribution < -0.4 is 11.3 Å². The predicted molar refractivity (Wildman–Crippen MR) is 59.9 cm³/mol. The summed E-state index contributed by atoms with van der Waals surface area (Å²) in [6.45, 7) is 0. The highest BCUT2D eigenvalue weighted by Crippen LogP contribution is 2.23. The maximum Gasteiger partial charge on any atom is 0.123 e. The molecular formula is C11H11FN2S. The van der Waals surface area contributed by atoms with E-state index in [0.717, 1.165) is 11.1 Å². The van der Waals surface area contributed by atoms with Gasteiger partial charge >= 0.3 is 0 Å². The van der Waals surface area contributed by atoms with Gasteiger partial charge in [0.2, 0.25) is 0 Å². The van der Waals surface area contributed by atoms with Crippen molar-refractivity contribution in [1.29, 1.82) is 0 Å². The van der Waals surface area contributed by atoms with Crippen LogP contribution in [0.4, 0.5) is 4.39 Å². The number of halogens is 1. The van der Waals surface area contributed by atoms with E-state index < -0.39 is 0 Å². The van der Waals surface area contributed by atoms with E-state index in [-0.39, 0.29) is 11.9 Å². The van der Waals surface area contributed by atoms with Crippen LogP contribution in [0, 0.1) is 5.82 Å². The summed E-state index contributed by atoms with van der Waals surface area (Å²) in [6, 6.07) is 8.27. The van der Waals surface area contributed by atoms with Gasteiger partial charge in [-0.1, -0.05) is 12.1 Å². The Hall–Kier alpha value is -1.23. The van der Waals surface area contributed by atoms with E-state index >= 15 is 0 Å². The molecule has 78 valence electrons. The molecule has 0 saturated carbocycles. The van der Waals surface area contributed by atoms with Crippen LogP contribution in [0.15, 0.2) is 41.1 Å². The summed E-state index contributed by atoms with van der Waals surface area (Å²) >= 11 is 1.59. The third-order valence-electron chi connectivity index (χ3n) is 2.23. The van der Waals surface area contributed by atoms with Gasteiger partial charge in [0, 0.05) is 0 Å². The third-order valence-corrected chi connectivity index (χ3v) is 2.93. The number of nitrogens with one attached hydrogen (secondary N) is 1. The SMILES string of the molecule is NNC(c1ccsc1)c1cccc(F)c1. The van der Waals surface area contributed by atoms with Crippen molar-refractivity contribution in [3.05, 3.63) is 58.0 Å². The first-order valence-corrected chi connectivity index (χ1v) is 5.49. The Kier molecular flexibility index (Phi) is 3.11. The Labute approximate surface area is 91.5 Å². The van der Waals surface area contributed by atoms with E-state index in [2.05, 4.69) is 5.43 Å². The molecule has 0 spiro atoms. The van der Waals surface area contributed by atoms with Crippen LogP contribution in [0.5, 0.6) is 0 Å². The zero-order valence-corrected chi connectivity index (χ0v) is 8.80. The Balaban J connectivity index is 2.35. The highest BCUT2D eigenvalue weighted by molar-refractivity contribution is 7.08. The average molecular weight is 222 g/mol. The number of hydrogen-bond donors (Lipinski definition) is 2. The molecule has 2 nitrogen and oxygen atoms in total. The first-order chi connectivity index (χ1) is 7.31. The maximum absolute atomic E-state index is 13.0. The van der Waals surface area contributed by atoms with Crippen molar-refractivity contribution in [2.45, 2.75) is 6.04 Å². The molecule has 0 bridgehead atoms. The first kappa shape index (κ1) is 10.3. The molecule has 4 heteroatoms. The van der Waals surface area contributed by atoms with E-state index in [9.17, 15) is 4.39 Å². The van der Waals surface area contributed by atoms with Crippen LogP contribution in [0.2, 0.25) is 0 Å². The lowest BCUT2D eigenvalue weighted by atomic mass is 10.0. The molecule has 3 N–H and O–H groups in total. The van der Waals surface area contributed by atoms with E-state index in [1.54, 1.807) is 17.4 Å². The summed E-state index contributed by atoms with van der Waals surface area (Å²) in [5.74, 6) is 5.23. The van der Waals surface area contributed by atoms with E-state index in [1.807, 2.05) is 22.9 Å². The van der Waals surface area contributed by atoms with Crippen molar-refractivity contribution in [3.8, 4) is 0 Å². The Bertz CT molecular complexity index is 428. The Morgan fingerprint density at radius 2 is 2.13 bits per heavy atom. The molecule has 2 rings (SSSR count). The van der Waals surface area contributed by atoms with Gasteiger partial charge in [-0.3, -0.25) is 5.84 Å². The second-order valence-corrected chi connectivity index (χ2v) is 3.99. The molecule has 0 saturated heterocycles. The fourth-order valence-corrected chi connectivity index (χ4v) is 2.20. The minimum Gasteiger partial charge on any atom is -0.271 e. The number of thiophene rings is 1. The van der Waals surface area contributed by atoms with Gasteiger partial charge in [0.1, 0.15) is 5.82 Å². The molecule has 15 heavy (non-hydrogen) atoms. The number of hydrogen-bond acceptors (Lipinski definition) is 3. The van der Waals surface area contributed by atoms with E-state index in [0.29, 0.717) is 0 Å². The second-order valence-electron chi connectivity index (χ2n) is 3.21. The molecular weight excluding hydrogens is 211 g/mol. The molecule has 1 heterocycles. The third kappa shape index (κ3) is 2.23. The van der Waals surface area contributed by atoms with Gasteiger partial charge in [-0.2, -0.15) is 11.3 Å². The van der Waals surface area contributed by atoms with Crippen LogP contribution in [-0.2, 0) is 0 Å². The predicted octanol–water partition coefficient (Wildman–Crippen LogP) is 2.44. The van der Waals surface area contributed by atoms with Gasteiger partial charge in [0.05, 0.1) is 6.04 Å². The van der Waals surface area contributed by atoms with Gasteiger partial charge in [-0.25, -0.2) is 9.82 Å². The van der Waals surface area contributed by atoms with Gasteiger partial charge in [-0.15, -0.1) is 0 Å². The number of benzene rings is 1. The fraction of sp³-hybridized carbons (Fsp3) is 0.0909. The standard InChI is InChI=1S/C11H11FN2S/c12-10-3-1-2-8(6-10)11(14-13)9-4-5-15-7-9/h1-7,11,14H,13H2. The largest absolute Gasteiger partial charge is 0.271 e. The molecule has 1 unspecified atom stereocenters. The summed E-state index contributed by atoms with van der Waals surface area (Å²) < 4.78 is 13.0. The van der Waals surface area contributed by atoms with Crippen molar-refractivity contribution in [2.24, 2.45) is 5.84 Å². The minimum atomic E-state index is -0.247. The molecule has 0 aliphatic carbocycles. The van der Waals surface area contributed by atoms with Crippen LogP contribution >= 0.6 is 11.3 Å². The summed E-state index contributed by atoms with van der Waals surface area (Å²) in [4.78, 5) is 0. The van der Waals surface area contributed by atoms with Crippen molar-refractivity contribution in [3.63, 3.8) is 0 Å². The van der Waals surface area contributed by atoms with Crippen molar-refractivity contribution < 1.29 is 4.39 Å². The van der Waals surface area contributed by atoms with Gasteiger partial charge in [0.25, 0.3) is 0 Å². The van der Waals surface area contributed by atoms with E-state index in [1.165, 1.54) is 12.1 Å². The Morgan fingerprint density at radius 3 is 2.73 bits per heavy atom. The van der Waals surface area contributed by atoms with Crippen LogP contribution in [0.1, 0.15) is 17.2 Å². The monoisotopic (exact) mass is 222 g/mol. The number of nitrogens with two attached hydrogens (primary N) is 1. The molecule has 0 fully saturated rings. The molecule has 0 aliphatic rings. The number of hydrazine groups is 1. The quantitative estimate of drug-likeness (QED) is 0.618. The summed E-state index contributed by atoms with van der Waals surface area (Å²) in [5.41, 5.74) is 4.57. The van der Waals surface area contributed by atoms with Gasteiger partial charge < -0.3 is 0 Å². The average Bonchev–Trinajstić information content (AvgIpc) is 2.72. The lowest BCUT2D eigenvalue weighted by Crippen LogP contribution is -2.28. The lowest BCUT2D eigenvalue weighted by Gasteiger charge is -2.14. The normalized spacial score (nSPS) is 12.7. The molecule has 1 aromatic heterocycles. The zero-order valence-electron chi connectivity index (χ0n) is 7.98. The highest BCUT2D eigenvalue weighted by Gasteiger charge is 2.12. The Morgan fingerprint density at radius 1 is 1.27 bits per heavy atom. The summed E-state index contributed by atoms with van der Waals surface area (Å²) in [6.07, 6.45) is 0. The summed E-state index contributed by atoms with van der Waals surface area (Å²) in [5, 5.41) is 3.97. The molecule has 0 radical (unpaired) electrons. The first-order valence-electron chi connectivity index (χ1n) is 4.55. The zero-order chi connectivity index (χ0) is 10.7. The fourth-order valence-electron chi connectivity index (χ4n) is 1.51. The van der Waals surface area contributed by atoms with Crippen molar-refractivity contribution in [2.75, 3.05) is 0 Å². The molecule has 1 atom stereocenters. The minimum absolute atomic E-state index is 0.146. The molecule has 0 aliphatic heterocycles. The van der Waals surface area contributed by atoms with Crippen LogP contribution in [-0.4, -0.2) is 0 Å². The van der Waals surface area contributed by atoms with Gasteiger partial charge in [0.15, 0.2) is 0 Å². The number of rotatable bonds is 3. The van der Waals surface area contributed by atoms with Crippen LogP contribution in [0.3, 0.4) is 0 Å². The smallest absolute Gasteiger partial charge is 0.123 e. The molecule has 2 aromatic rings. The van der Waals surface area contributed by atoms with Crippen LogP contribution in [0.25, 0.3) is 0 Å².